The lowest BCUT2D eigenvalue weighted by molar-refractivity contribution is 0.278. The van der Waals surface area contributed by atoms with E-state index in [1.807, 2.05) is 6.07 Å². The second-order valence-electron chi connectivity index (χ2n) is 8.88. The van der Waals surface area contributed by atoms with Gasteiger partial charge in [-0.05, 0) is 51.3 Å². The van der Waals surface area contributed by atoms with Crippen molar-refractivity contribution in [1.82, 2.24) is 14.5 Å². The summed E-state index contributed by atoms with van der Waals surface area (Å²) in [6.07, 6.45) is 1.06. The average Bonchev–Trinajstić information content (AvgIpc) is 3.20. The van der Waals surface area contributed by atoms with Crippen LogP contribution in [0.1, 0.15) is 61.4 Å². The van der Waals surface area contributed by atoms with Crippen molar-refractivity contribution in [3.63, 3.8) is 0 Å². The molecule has 1 N–H and O–H groups in total. The highest BCUT2D eigenvalue weighted by molar-refractivity contribution is 7.89. The molecule has 3 aromatic rings. The van der Waals surface area contributed by atoms with E-state index in [0.717, 1.165) is 12.1 Å². The predicted octanol–water partition coefficient (Wildman–Crippen LogP) is 4.02. The first-order chi connectivity index (χ1) is 15.5. The molecule has 1 saturated heterocycles. The Bertz CT molecular complexity index is 1320. The lowest BCUT2D eigenvalue weighted by Crippen LogP contribution is -2.44. The number of sulfonamides is 1. The first-order valence-electron chi connectivity index (χ1n) is 10.6. The van der Waals surface area contributed by atoms with Crippen molar-refractivity contribution in [1.29, 1.82) is 0 Å². The van der Waals surface area contributed by atoms with E-state index < -0.39 is 38.1 Å². The zero-order chi connectivity index (χ0) is 24.0. The standard InChI is InChI=1S/C23H25F2N3O4S/c1-14-9-10-20(15-7-5-4-6-8-15)33(30,31)28(14)13-16-11-19(25)17(12-18(16)24)23(2,3)21-26-27-22(29)32-21/h4-8,11-12,14,20H,9-10,13H2,1-3H3,(H,27,29)/t14-,20-/m0/s1. The molecule has 0 spiro atoms. The molecule has 1 fully saturated rings. The van der Waals surface area contributed by atoms with E-state index in [1.165, 1.54) is 4.31 Å². The molecule has 0 amide bonds. The highest BCUT2D eigenvalue weighted by atomic mass is 32.2. The van der Waals surface area contributed by atoms with Gasteiger partial charge in [-0.2, -0.15) is 4.31 Å². The zero-order valence-electron chi connectivity index (χ0n) is 18.5. The summed E-state index contributed by atoms with van der Waals surface area (Å²) in [6.45, 7) is 4.58. The fourth-order valence-corrected chi connectivity index (χ4v) is 6.51. The van der Waals surface area contributed by atoms with E-state index in [0.29, 0.717) is 18.4 Å². The van der Waals surface area contributed by atoms with Gasteiger partial charge in [0.2, 0.25) is 15.9 Å². The van der Waals surface area contributed by atoms with Gasteiger partial charge in [0, 0.05) is 23.7 Å². The summed E-state index contributed by atoms with van der Waals surface area (Å²) in [5.41, 5.74) is -0.681. The van der Waals surface area contributed by atoms with Gasteiger partial charge in [0.25, 0.3) is 0 Å². The van der Waals surface area contributed by atoms with Crippen LogP contribution in [-0.2, 0) is 22.0 Å². The minimum absolute atomic E-state index is 0.0595. The van der Waals surface area contributed by atoms with Crippen LogP contribution in [0.4, 0.5) is 8.78 Å². The summed E-state index contributed by atoms with van der Waals surface area (Å²) in [4.78, 5) is 11.3. The molecule has 7 nitrogen and oxygen atoms in total. The largest absolute Gasteiger partial charge is 0.434 e. The fourth-order valence-electron chi connectivity index (χ4n) is 4.32. The number of nitrogens with one attached hydrogen (secondary N) is 1. The number of rotatable bonds is 5. The first-order valence-corrected chi connectivity index (χ1v) is 12.1. The van der Waals surface area contributed by atoms with E-state index in [-0.39, 0.29) is 29.6 Å². The number of hydrogen-bond donors (Lipinski definition) is 1. The molecule has 2 aromatic carbocycles. The lowest BCUT2D eigenvalue weighted by atomic mass is 9.83. The monoisotopic (exact) mass is 477 g/mol. The van der Waals surface area contributed by atoms with Crippen molar-refractivity contribution in [2.24, 2.45) is 0 Å². The molecule has 2 atom stereocenters. The zero-order valence-corrected chi connectivity index (χ0v) is 19.3. The number of aromatic nitrogens is 2. The quantitative estimate of drug-likeness (QED) is 0.599. The highest BCUT2D eigenvalue weighted by Gasteiger charge is 2.41. The van der Waals surface area contributed by atoms with Crippen LogP contribution < -0.4 is 5.76 Å². The van der Waals surface area contributed by atoms with E-state index in [1.54, 1.807) is 45.0 Å². The molecule has 0 radical (unpaired) electrons. The molecule has 1 aromatic heterocycles. The third kappa shape index (κ3) is 4.24. The topological polar surface area (TPSA) is 96.3 Å². The van der Waals surface area contributed by atoms with E-state index in [4.69, 9.17) is 4.42 Å². The highest BCUT2D eigenvalue weighted by Crippen LogP contribution is 2.39. The summed E-state index contributed by atoms with van der Waals surface area (Å²) in [5.74, 6) is -2.38. The van der Waals surface area contributed by atoms with Gasteiger partial charge in [-0.15, -0.1) is 5.10 Å². The summed E-state index contributed by atoms with van der Waals surface area (Å²) < 4.78 is 63.2. The Kier molecular flexibility index (Phi) is 6.00. The Labute approximate surface area is 190 Å². The van der Waals surface area contributed by atoms with Crippen LogP contribution in [0.5, 0.6) is 0 Å². The maximum Gasteiger partial charge on any atom is 0.434 e. The summed E-state index contributed by atoms with van der Waals surface area (Å²) in [6, 6.07) is 10.6. The second-order valence-corrected chi connectivity index (χ2v) is 11.0. The molecule has 0 saturated carbocycles. The second kappa shape index (κ2) is 8.49. The average molecular weight is 478 g/mol. The van der Waals surface area contributed by atoms with Crippen molar-refractivity contribution in [3.8, 4) is 0 Å². The van der Waals surface area contributed by atoms with Crippen LogP contribution in [0.15, 0.2) is 51.7 Å². The Morgan fingerprint density at radius 2 is 1.85 bits per heavy atom. The van der Waals surface area contributed by atoms with Crippen LogP contribution in [0, 0.1) is 11.6 Å². The summed E-state index contributed by atoms with van der Waals surface area (Å²) in [7, 11) is -3.79. The maximum atomic E-state index is 15.1. The van der Waals surface area contributed by atoms with Crippen LogP contribution in [0.25, 0.3) is 0 Å². The van der Waals surface area contributed by atoms with Crippen LogP contribution in [0.3, 0.4) is 0 Å². The molecule has 33 heavy (non-hydrogen) atoms. The number of hydrogen-bond acceptors (Lipinski definition) is 5. The Morgan fingerprint density at radius 1 is 1.15 bits per heavy atom. The number of nitrogens with zero attached hydrogens (tertiary/aromatic N) is 2. The van der Waals surface area contributed by atoms with Crippen molar-refractivity contribution < 1.29 is 21.6 Å². The van der Waals surface area contributed by atoms with Crippen molar-refractivity contribution in [2.45, 2.75) is 56.9 Å². The lowest BCUT2D eigenvalue weighted by Gasteiger charge is -2.37. The number of benzene rings is 2. The van der Waals surface area contributed by atoms with Gasteiger partial charge in [-0.3, -0.25) is 0 Å². The maximum absolute atomic E-state index is 15.1. The summed E-state index contributed by atoms with van der Waals surface area (Å²) >= 11 is 0. The van der Waals surface area contributed by atoms with Gasteiger partial charge in [0.1, 0.15) is 16.9 Å². The third-order valence-corrected chi connectivity index (χ3v) is 8.67. The predicted molar refractivity (Wildman–Crippen MR) is 118 cm³/mol. The molecule has 2 heterocycles. The van der Waals surface area contributed by atoms with Gasteiger partial charge in [-0.25, -0.2) is 27.1 Å². The molecule has 176 valence electrons. The van der Waals surface area contributed by atoms with E-state index >= 15 is 8.78 Å². The number of halogens is 2. The van der Waals surface area contributed by atoms with E-state index in [2.05, 4.69) is 10.2 Å². The van der Waals surface area contributed by atoms with Gasteiger partial charge in [0.15, 0.2) is 0 Å². The Balaban J connectivity index is 1.67. The molecule has 4 rings (SSSR count). The van der Waals surface area contributed by atoms with Crippen LogP contribution in [-0.4, -0.2) is 29.0 Å². The van der Waals surface area contributed by atoms with Gasteiger partial charge < -0.3 is 4.42 Å². The third-order valence-electron chi connectivity index (χ3n) is 6.30. The SMILES string of the molecule is C[C@H]1CC[C@@H](c2ccccc2)S(=O)(=O)N1Cc1cc(F)c(C(C)(C)c2n[nH]c(=O)o2)cc1F. The number of H-pyrrole nitrogens is 1. The molecule has 10 heteroatoms. The smallest absolute Gasteiger partial charge is 0.392 e. The van der Waals surface area contributed by atoms with Gasteiger partial charge in [-0.1, -0.05) is 30.3 Å². The summed E-state index contributed by atoms with van der Waals surface area (Å²) in [5, 5.41) is 5.12. The van der Waals surface area contributed by atoms with Gasteiger partial charge in [0.05, 0.1) is 5.41 Å². The molecule has 0 unspecified atom stereocenters. The van der Waals surface area contributed by atoms with Crippen LogP contribution >= 0.6 is 0 Å². The molecular weight excluding hydrogens is 452 g/mol. The van der Waals surface area contributed by atoms with Crippen molar-refractivity contribution >= 4 is 10.0 Å². The van der Waals surface area contributed by atoms with Crippen molar-refractivity contribution in [2.75, 3.05) is 0 Å². The number of aromatic amines is 1. The Hall–Kier alpha value is -2.85. The van der Waals surface area contributed by atoms with Crippen molar-refractivity contribution in [3.05, 3.63) is 87.2 Å². The molecule has 0 aliphatic carbocycles. The minimum atomic E-state index is -3.79. The Morgan fingerprint density at radius 3 is 2.48 bits per heavy atom. The molecule has 0 bridgehead atoms. The van der Waals surface area contributed by atoms with E-state index in [9.17, 15) is 13.2 Å². The molecular formula is C23H25F2N3O4S. The minimum Gasteiger partial charge on any atom is -0.392 e. The van der Waals surface area contributed by atoms with Gasteiger partial charge >= 0.3 is 5.76 Å². The molecule has 1 aliphatic heterocycles. The normalized spacial score (nSPS) is 21.2. The van der Waals surface area contributed by atoms with Crippen LogP contribution in [0.2, 0.25) is 0 Å². The fraction of sp³-hybridized carbons (Fsp3) is 0.391. The molecule has 1 aliphatic rings. The first kappa shape index (κ1) is 23.3.